The molecule has 3 aromatic rings. The van der Waals surface area contributed by atoms with Crippen LogP contribution in [0.15, 0.2) is 44.7 Å². The predicted molar refractivity (Wildman–Crippen MR) is 133 cm³/mol. The molecule has 4 heterocycles. The molecular weight excluding hydrogens is 532 g/mol. The Bertz CT molecular complexity index is 1420. The Morgan fingerprint density at radius 1 is 1.25 bits per heavy atom. The highest BCUT2D eigenvalue weighted by atomic mass is 79.9. The third kappa shape index (κ3) is 4.39. The molecule has 12 heteroatoms. The van der Waals surface area contributed by atoms with Crippen LogP contribution in [0.3, 0.4) is 0 Å². The highest BCUT2D eigenvalue weighted by Gasteiger charge is 2.39. The number of amides is 1. The summed E-state index contributed by atoms with van der Waals surface area (Å²) in [6.45, 7) is 4.60. The minimum Gasteiger partial charge on any atom is -0.493 e. The smallest absolute Gasteiger partial charge is 0.328 e. The molecule has 190 valence electrons. The molecule has 0 bridgehead atoms. The number of rotatable bonds is 4. The van der Waals surface area contributed by atoms with Crippen molar-refractivity contribution in [3.63, 3.8) is 0 Å². The molecule has 1 atom stereocenters. The SMILES string of the molecule is CC(C)n1cc(C(=O)N2CCC(O)(c3cn([C@H]4CCOc5ccc(Br)cc54)nn3)CC2)c(=O)[nH]c1=O. The number of likely N-dealkylation sites (tertiary alicyclic amines) is 1. The monoisotopic (exact) mass is 558 g/mol. The zero-order chi connectivity index (χ0) is 25.6. The molecule has 0 aliphatic carbocycles. The van der Waals surface area contributed by atoms with Crippen LogP contribution in [-0.4, -0.2) is 60.2 Å². The van der Waals surface area contributed by atoms with E-state index >= 15 is 0 Å². The van der Waals surface area contributed by atoms with E-state index in [2.05, 4.69) is 31.2 Å². The number of hydrogen-bond acceptors (Lipinski definition) is 7. The summed E-state index contributed by atoms with van der Waals surface area (Å²) in [5, 5.41) is 20.0. The number of ether oxygens (including phenoxy) is 1. The van der Waals surface area contributed by atoms with Crippen LogP contribution in [-0.2, 0) is 5.60 Å². The fourth-order valence-corrected chi connectivity index (χ4v) is 5.17. The van der Waals surface area contributed by atoms with Crippen LogP contribution in [0.25, 0.3) is 0 Å². The number of aliphatic hydroxyl groups is 1. The summed E-state index contributed by atoms with van der Waals surface area (Å²) in [6, 6.07) is 5.57. The number of fused-ring (bicyclic) bond motifs is 1. The van der Waals surface area contributed by atoms with Crippen molar-refractivity contribution in [2.24, 2.45) is 0 Å². The van der Waals surface area contributed by atoms with Gasteiger partial charge in [-0.05, 0) is 44.9 Å². The van der Waals surface area contributed by atoms with Gasteiger partial charge in [0.2, 0.25) is 0 Å². The fourth-order valence-electron chi connectivity index (χ4n) is 4.79. The molecule has 0 spiro atoms. The minimum absolute atomic E-state index is 0.0684. The van der Waals surface area contributed by atoms with Crippen molar-refractivity contribution in [3.8, 4) is 5.75 Å². The van der Waals surface area contributed by atoms with Crippen LogP contribution in [0, 0.1) is 0 Å². The second-order valence-corrected chi connectivity index (χ2v) is 10.5. The van der Waals surface area contributed by atoms with Gasteiger partial charge in [0.25, 0.3) is 11.5 Å². The number of hydrogen-bond donors (Lipinski definition) is 2. The first-order chi connectivity index (χ1) is 17.2. The summed E-state index contributed by atoms with van der Waals surface area (Å²) in [6.07, 6.45) is 4.29. The maximum atomic E-state index is 13.1. The number of carbonyl (C=O) groups excluding carboxylic acids is 1. The lowest BCUT2D eigenvalue weighted by Gasteiger charge is -2.36. The van der Waals surface area contributed by atoms with Crippen LogP contribution in [0.2, 0.25) is 0 Å². The number of carbonyl (C=O) groups is 1. The van der Waals surface area contributed by atoms with Crippen molar-refractivity contribution >= 4 is 21.8 Å². The van der Waals surface area contributed by atoms with E-state index in [1.54, 1.807) is 24.7 Å². The van der Waals surface area contributed by atoms with E-state index in [1.807, 2.05) is 18.2 Å². The van der Waals surface area contributed by atoms with E-state index in [-0.39, 0.29) is 43.6 Å². The molecule has 0 radical (unpaired) electrons. The van der Waals surface area contributed by atoms with Gasteiger partial charge in [-0.15, -0.1) is 5.10 Å². The van der Waals surface area contributed by atoms with Crippen molar-refractivity contribution in [2.75, 3.05) is 19.7 Å². The van der Waals surface area contributed by atoms with E-state index in [9.17, 15) is 19.5 Å². The molecular formula is C24H27BrN6O5. The molecule has 0 unspecified atom stereocenters. The first-order valence-electron chi connectivity index (χ1n) is 11.9. The normalized spacial score (nSPS) is 19.1. The number of halogens is 1. The zero-order valence-corrected chi connectivity index (χ0v) is 21.6. The van der Waals surface area contributed by atoms with Gasteiger partial charge < -0.3 is 14.7 Å². The molecule has 1 saturated heterocycles. The van der Waals surface area contributed by atoms with Gasteiger partial charge in [0.15, 0.2) is 0 Å². The van der Waals surface area contributed by atoms with Crippen molar-refractivity contribution < 1.29 is 14.6 Å². The Morgan fingerprint density at radius 2 is 2.00 bits per heavy atom. The molecule has 1 aromatic carbocycles. The van der Waals surface area contributed by atoms with Crippen molar-refractivity contribution in [1.29, 1.82) is 0 Å². The standard InChI is InChI=1S/C24H27BrN6O5/c1-14(2)30-12-17(21(32)26-23(30)34)22(33)29-8-6-24(35,7-9-29)20-13-31(28-27-20)18-5-10-36-19-4-3-15(25)11-16(18)19/h3-4,11-14,18,35H,5-10H2,1-2H3,(H,26,32,34)/t18-/m0/s1. The van der Waals surface area contributed by atoms with Crippen LogP contribution in [0.5, 0.6) is 5.75 Å². The van der Waals surface area contributed by atoms with Gasteiger partial charge in [0.1, 0.15) is 22.6 Å². The van der Waals surface area contributed by atoms with Gasteiger partial charge in [-0.3, -0.25) is 19.1 Å². The number of aromatic amines is 1. The van der Waals surface area contributed by atoms with E-state index in [0.717, 1.165) is 22.2 Å². The van der Waals surface area contributed by atoms with Gasteiger partial charge >= 0.3 is 5.69 Å². The summed E-state index contributed by atoms with van der Waals surface area (Å²) in [5.74, 6) is 0.330. The molecule has 11 nitrogen and oxygen atoms in total. The van der Waals surface area contributed by atoms with E-state index < -0.39 is 22.8 Å². The fraction of sp³-hybridized carbons (Fsp3) is 0.458. The molecule has 36 heavy (non-hydrogen) atoms. The van der Waals surface area contributed by atoms with Crippen LogP contribution in [0.4, 0.5) is 0 Å². The van der Waals surface area contributed by atoms with Gasteiger partial charge in [0.05, 0.1) is 18.8 Å². The average Bonchev–Trinajstić information content (AvgIpc) is 3.35. The average molecular weight is 559 g/mol. The van der Waals surface area contributed by atoms with E-state index in [0.29, 0.717) is 12.3 Å². The molecule has 2 N–H and O–H groups in total. The summed E-state index contributed by atoms with van der Waals surface area (Å²) in [7, 11) is 0. The molecule has 1 amide bonds. The highest BCUT2D eigenvalue weighted by molar-refractivity contribution is 9.10. The van der Waals surface area contributed by atoms with E-state index in [4.69, 9.17) is 4.74 Å². The van der Waals surface area contributed by atoms with Crippen LogP contribution < -0.4 is 16.0 Å². The Hall–Kier alpha value is -3.25. The molecule has 2 aliphatic heterocycles. The van der Waals surface area contributed by atoms with Gasteiger partial charge in [-0.25, -0.2) is 9.48 Å². The number of nitrogens with zero attached hydrogens (tertiary/aromatic N) is 5. The third-order valence-corrected chi connectivity index (χ3v) is 7.41. The van der Waals surface area contributed by atoms with E-state index in [1.165, 1.54) is 15.7 Å². The Balaban J connectivity index is 1.32. The Labute approximate surface area is 214 Å². The van der Waals surface area contributed by atoms with Gasteiger partial charge in [-0.2, -0.15) is 0 Å². The molecule has 0 saturated carbocycles. The number of piperidine rings is 1. The molecule has 2 aliphatic rings. The lowest BCUT2D eigenvalue weighted by Crippen LogP contribution is -2.47. The second-order valence-electron chi connectivity index (χ2n) is 9.55. The maximum Gasteiger partial charge on any atom is 0.328 e. The minimum atomic E-state index is -1.25. The third-order valence-electron chi connectivity index (χ3n) is 6.92. The quantitative estimate of drug-likeness (QED) is 0.499. The first-order valence-corrected chi connectivity index (χ1v) is 12.7. The largest absolute Gasteiger partial charge is 0.493 e. The number of nitrogens with one attached hydrogen (secondary N) is 1. The van der Waals surface area contributed by atoms with Gasteiger partial charge in [0, 0.05) is 41.8 Å². The Morgan fingerprint density at radius 3 is 2.72 bits per heavy atom. The Kier molecular flexibility index (Phi) is 6.33. The molecule has 2 aromatic heterocycles. The topological polar surface area (TPSA) is 135 Å². The summed E-state index contributed by atoms with van der Waals surface area (Å²) >= 11 is 3.51. The summed E-state index contributed by atoms with van der Waals surface area (Å²) in [4.78, 5) is 41.1. The lowest BCUT2D eigenvalue weighted by atomic mass is 9.88. The van der Waals surface area contributed by atoms with Gasteiger partial charge in [-0.1, -0.05) is 21.1 Å². The van der Waals surface area contributed by atoms with Crippen molar-refractivity contribution in [3.05, 3.63) is 72.7 Å². The predicted octanol–water partition coefficient (Wildman–Crippen LogP) is 1.97. The second kappa shape index (κ2) is 9.32. The zero-order valence-electron chi connectivity index (χ0n) is 20.0. The molecule has 1 fully saturated rings. The maximum absolute atomic E-state index is 13.1. The lowest BCUT2D eigenvalue weighted by molar-refractivity contribution is -0.0245. The summed E-state index contributed by atoms with van der Waals surface area (Å²) < 4.78 is 9.78. The highest BCUT2D eigenvalue weighted by Crippen LogP contribution is 2.37. The number of H-pyrrole nitrogens is 1. The first kappa shape index (κ1) is 24.4. The van der Waals surface area contributed by atoms with Crippen LogP contribution >= 0.6 is 15.9 Å². The molecule has 5 rings (SSSR count). The number of aromatic nitrogens is 5. The van der Waals surface area contributed by atoms with Crippen molar-refractivity contribution in [2.45, 2.75) is 50.8 Å². The van der Waals surface area contributed by atoms with Crippen molar-refractivity contribution in [1.82, 2.24) is 29.4 Å². The van der Waals surface area contributed by atoms with Crippen LogP contribution in [0.1, 0.15) is 66.8 Å². The number of benzene rings is 1. The summed E-state index contributed by atoms with van der Waals surface area (Å²) in [5.41, 5.74) is -1.17.